The third-order valence-corrected chi connectivity index (χ3v) is 4.01. The van der Waals surface area contributed by atoms with Gasteiger partial charge in [0.1, 0.15) is 5.75 Å². The summed E-state index contributed by atoms with van der Waals surface area (Å²) in [6.45, 7) is 1.87. The van der Waals surface area contributed by atoms with Gasteiger partial charge in [0.05, 0.1) is 18.2 Å². The van der Waals surface area contributed by atoms with E-state index in [0.717, 1.165) is 5.56 Å². The zero-order chi connectivity index (χ0) is 19.6. The van der Waals surface area contributed by atoms with Gasteiger partial charge in [-0.2, -0.15) is 5.26 Å². The van der Waals surface area contributed by atoms with E-state index in [2.05, 4.69) is 5.32 Å². The van der Waals surface area contributed by atoms with Crippen LogP contribution in [0.4, 0.5) is 5.69 Å². The average Bonchev–Trinajstić information content (AvgIpc) is 2.67. The molecule has 0 saturated heterocycles. The van der Waals surface area contributed by atoms with Gasteiger partial charge < -0.3 is 14.8 Å². The van der Waals surface area contributed by atoms with E-state index in [0.29, 0.717) is 35.1 Å². The number of rotatable bonds is 8. The molecule has 0 aliphatic rings. The highest BCUT2D eigenvalue weighted by atomic mass is 35.5. The molecule has 0 spiro atoms. The number of hydrogen-bond acceptors (Lipinski definition) is 5. The van der Waals surface area contributed by atoms with E-state index in [1.807, 2.05) is 19.1 Å². The number of nitriles is 1. The van der Waals surface area contributed by atoms with E-state index in [1.165, 1.54) is 0 Å². The number of hydrogen-bond donors (Lipinski definition) is 1. The molecule has 0 atom stereocenters. The second-order valence-electron chi connectivity index (χ2n) is 5.76. The Morgan fingerprint density at radius 1 is 1.19 bits per heavy atom. The van der Waals surface area contributed by atoms with Crippen LogP contribution in [-0.2, 0) is 14.3 Å². The normalized spacial score (nSPS) is 9.96. The first-order valence-corrected chi connectivity index (χ1v) is 8.70. The van der Waals surface area contributed by atoms with Gasteiger partial charge in [-0.15, -0.1) is 0 Å². The zero-order valence-corrected chi connectivity index (χ0v) is 15.6. The van der Waals surface area contributed by atoms with Crippen LogP contribution in [0.25, 0.3) is 0 Å². The van der Waals surface area contributed by atoms with Gasteiger partial charge in [-0.05, 0) is 61.4 Å². The number of halogens is 1. The van der Waals surface area contributed by atoms with Crippen molar-refractivity contribution in [1.82, 2.24) is 0 Å². The van der Waals surface area contributed by atoms with Gasteiger partial charge in [0.15, 0.2) is 6.61 Å². The zero-order valence-electron chi connectivity index (χ0n) is 14.8. The monoisotopic (exact) mass is 386 g/mol. The van der Waals surface area contributed by atoms with Gasteiger partial charge in [0.2, 0.25) is 0 Å². The molecule has 0 saturated carbocycles. The fraction of sp³-hybridized carbons (Fsp3) is 0.250. The first kappa shape index (κ1) is 20.3. The van der Waals surface area contributed by atoms with E-state index in [-0.39, 0.29) is 13.0 Å². The summed E-state index contributed by atoms with van der Waals surface area (Å²) < 4.78 is 10.5. The molecule has 0 heterocycles. The van der Waals surface area contributed by atoms with Gasteiger partial charge in [0.25, 0.3) is 5.91 Å². The number of carbonyl (C=O) groups excluding carboxylic acids is 2. The predicted molar refractivity (Wildman–Crippen MR) is 102 cm³/mol. The molecule has 2 aromatic carbocycles. The van der Waals surface area contributed by atoms with Crippen LogP contribution in [0.1, 0.15) is 24.0 Å². The van der Waals surface area contributed by atoms with Crippen molar-refractivity contribution in [3.8, 4) is 11.8 Å². The molecule has 1 amide bonds. The number of anilines is 1. The van der Waals surface area contributed by atoms with Crippen LogP contribution in [-0.4, -0.2) is 25.1 Å². The molecule has 27 heavy (non-hydrogen) atoms. The highest BCUT2D eigenvalue weighted by Gasteiger charge is 2.08. The van der Waals surface area contributed by atoms with Crippen molar-refractivity contribution in [1.29, 1.82) is 5.26 Å². The maximum absolute atomic E-state index is 11.8. The molecule has 140 valence electrons. The Kier molecular flexibility index (Phi) is 7.65. The molecule has 0 fully saturated rings. The molecule has 0 aliphatic carbocycles. The molecule has 0 unspecified atom stereocenters. The molecule has 2 aromatic rings. The van der Waals surface area contributed by atoms with Crippen molar-refractivity contribution in [3.05, 3.63) is 58.6 Å². The topological polar surface area (TPSA) is 88.4 Å². The van der Waals surface area contributed by atoms with Crippen LogP contribution < -0.4 is 10.1 Å². The maximum atomic E-state index is 11.8. The van der Waals surface area contributed by atoms with Gasteiger partial charge in [-0.1, -0.05) is 11.6 Å². The van der Waals surface area contributed by atoms with E-state index >= 15 is 0 Å². The van der Waals surface area contributed by atoms with Crippen molar-refractivity contribution in [2.24, 2.45) is 0 Å². The first-order chi connectivity index (χ1) is 13.0. The molecule has 6 nitrogen and oxygen atoms in total. The minimum Gasteiger partial charge on any atom is -0.494 e. The minimum absolute atomic E-state index is 0.150. The highest BCUT2D eigenvalue weighted by molar-refractivity contribution is 6.31. The molecule has 0 bridgehead atoms. The van der Waals surface area contributed by atoms with Crippen LogP contribution in [0.3, 0.4) is 0 Å². The highest BCUT2D eigenvalue weighted by Crippen LogP contribution is 2.21. The molecule has 0 radical (unpaired) electrons. The summed E-state index contributed by atoms with van der Waals surface area (Å²) in [6.07, 6.45) is 0.620. The van der Waals surface area contributed by atoms with Gasteiger partial charge >= 0.3 is 5.97 Å². The third-order valence-electron chi connectivity index (χ3n) is 3.59. The summed E-state index contributed by atoms with van der Waals surface area (Å²) in [5, 5.41) is 12.0. The van der Waals surface area contributed by atoms with Crippen molar-refractivity contribution >= 4 is 29.2 Å². The largest absolute Gasteiger partial charge is 0.494 e. The molecule has 1 N–H and O–H groups in total. The Bertz CT molecular complexity index is 844. The van der Waals surface area contributed by atoms with Crippen LogP contribution >= 0.6 is 11.6 Å². The van der Waals surface area contributed by atoms with Crippen LogP contribution in [0, 0.1) is 18.3 Å². The van der Waals surface area contributed by atoms with E-state index in [9.17, 15) is 9.59 Å². The van der Waals surface area contributed by atoms with Crippen LogP contribution in [0.15, 0.2) is 42.5 Å². The van der Waals surface area contributed by atoms with E-state index < -0.39 is 11.9 Å². The Morgan fingerprint density at radius 3 is 2.59 bits per heavy atom. The number of nitrogens with zero attached hydrogens (tertiary/aromatic N) is 1. The number of carbonyl (C=O) groups is 2. The Balaban J connectivity index is 1.63. The lowest BCUT2D eigenvalue weighted by atomic mass is 10.2. The number of aryl methyl sites for hydroxylation is 1. The molecule has 7 heteroatoms. The lowest BCUT2D eigenvalue weighted by Gasteiger charge is -2.08. The van der Waals surface area contributed by atoms with Crippen LogP contribution in [0.2, 0.25) is 5.02 Å². The molecular weight excluding hydrogens is 368 g/mol. The SMILES string of the molecule is Cc1cc(OCCCC(=O)OCC(=O)Nc2ccc(C#N)cc2)ccc1Cl. The summed E-state index contributed by atoms with van der Waals surface area (Å²) in [6, 6.07) is 13.7. The Labute approximate surface area is 162 Å². The fourth-order valence-electron chi connectivity index (χ4n) is 2.16. The summed E-state index contributed by atoms with van der Waals surface area (Å²) >= 11 is 5.95. The standard InChI is InChI=1S/C20H19ClN2O4/c1-14-11-17(8-9-18(14)21)26-10-2-3-20(25)27-13-19(24)23-16-6-4-15(12-22)5-7-16/h4-9,11H,2-3,10,13H2,1H3,(H,23,24). The average molecular weight is 387 g/mol. The number of amides is 1. The van der Waals surface area contributed by atoms with Gasteiger partial charge in [0, 0.05) is 17.1 Å². The van der Waals surface area contributed by atoms with Gasteiger partial charge in [-0.3, -0.25) is 9.59 Å². The molecular formula is C20H19ClN2O4. The Hall–Kier alpha value is -3.04. The van der Waals surface area contributed by atoms with E-state index in [4.69, 9.17) is 26.3 Å². The minimum atomic E-state index is -0.471. The van der Waals surface area contributed by atoms with Gasteiger partial charge in [-0.25, -0.2) is 0 Å². The summed E-state index contributed by atoms with van der Waals surface area (Å²) in [5.74, 6) is -0.228. The second-order valence-corrected chi connectivity index (χ2v) is 6.17. The number of benzene rings is 2. The summed E-state index contributed by atoms with van der Waals surface area (Å²) in [4.78, 5) is 23.4. The number of esters is 1. The first-order valence-electron chi connectivity index (χ1n) is 8.32. The second kappa shape index (κ2) is 10.2. The Morgan fingerprint density at radius 2 is 1.93 bits per heavy atom. The fourth-order valence-corrected chi connectivity index (χ4v) is 2.27. The third kappa shape index (κ3) is 7.00. The molecule has 0 aromatic heterocycles. The van der Waals surface area contributed by atoms with Crippen molar-refractivity contribution in [2.45, 2.75) is 19.8 Å². The summed E-state index contributed by atoms with van der Waals surface area (Å²) in [5.41, 5.74) is 1.94. The molecule has 0 aliphatic heterocycles. The number of ether oxygens (including phenoxy) is 2. The quantitative estimate of drug-likeness (QED) is 0.549. The van der Waals surface area contributed by atoms with Crippen molar-refractivity contribution in [3.63, 3.8) is 0 Å². The lowest BCUT2D eigenvalue weighted by Crippen LogP contribution is -2.21. The lowest BCUT2D eigenvalue weighted by molar-refractivity contribution is -0.147. The molecule has 2 rings (SSSR count). The van der Waals surface area contributed by atoms with E-state index in [1.54, 1.807) is 36.4 Å². The number of nitrogens with one attached hydrogen (secondary N) is 1. The summed E-state index contributed by atoms with van der Waals surface area (Å²) in [7, 11) is 0. The smallest absolute Gasteiger partial charge is 0.306 e. The predicted octanol–water partition coefficient (Wildman–Crippen LogP) is 3.86. The van der Waals surface area contributed by atoms with Crippen molar-refractivity contribution < 1.29 is 19.1 Å². The maximum Gasteiger partial charge on any atom is 0.306 e. The van der Waals surface area contributed by atoms with Crippen LogP contribution in [0.5, 0.6) is 5.75 Å². The van der Waals surface area contributed by atoms with Crippen molar-refractivity contribution in [2.75, 3.05) is 18.5 Å².